The first-order chi connectivity index (χ1) is 12.4. The number of nitrogens with zero attached hydrogens (tertiary/aromatic N) is 2. The Bertz CT molecular complexity index is 1140. The molecule has 0 radical (unpaired) electrons. The zero-order chi connectivity index (χ0) is 18.5. The Balaban J connectivity index is 2.14. The topological polar surface area (TPSA) is 34.4 Å². The lowest BCUT2D eigenvalue weighted by Gasteiger charge is -2.17. The van der Waals surface area contributed by atoms with Crippen LogP contribution in [0.25, 0.3) is 16.6 Å². The first-order valence-electron chi connectivity index (χ1n) is 7.94. The van der Waals surface area contributed by atoms with Gasteiger partial charge in [-0.25, -0.2) is 4.98 Å². The standard InChI is InChI=1S/C20H13F3N2O/c1-12-6-8-13(9-7-12)18(26)16-14-4-2-10-24-19(14)25-11-3-5-15(25)17(16)20(21,22)23/h2-11H,1H3. The van der Waals surface area contributed by atoms with Gasteiger partial charge in [0.05, 0.1) is 11.1 Å². The Hall–Kier alpha value is -3.15. The predicted molar refractivity (Wildman–Crippen MR) is 92.3 cm³/mol. The third kappa shape index (κ3) is 2.45. The van der Waals surface area contributed by atoms with Crippen LogP contribution >= 0.6 is 0 Å². The maximum Gasteiger partial charge on any atom is 0.419 e. The zero-order valence-electron chi connectivity index (χ0n) is 13.7. The number of carbonyl (C=O) groups is 1. The third-order valence-corrected chi connectivity index (χ3v) is 4.36. The van der Waals surface area contributed by atoms with Gasteiger partial charge in [-0.05, 0) is 31.2 Å². The summed E-state index contributed by atoms with van der Waals surface area (Å²) in [5, 5.41) is 0.175. The van der Waals surface area contributed by atoms with Gasteiger partial charge in [-0.1, -0.05) is 29.8 Å². The van der Waals surface area contributed by atoms with Gasteiger partial charge in [-0.3, -0.25) is 4.79 Å². The number of aryl methyl sites for hydroxylation is 1. The second kappa shape index (κ2) is 5.69. The number of carbonyl (C=O) groups excluding carboxylic acids is 1. The van der Waals surface area contributed by atoms with Crippen molar-refractivity contribution in [3.05, 3.63) is 83.2 Å². The third-order valence-electron chi connectivity index (χ3n) is 4.36. The number of alkyl halides is 3. The lowest BCUT2D eigenvalue weighted by molar-refractivity contribution is -0.136. The molecule has 4 rings (SSSR count). The van der Waals surface area contributed by atoms with Crippen LogP contribution in [-0.4, -0.2) is 15.2 Å². The molecule has 0 saturated heterocycles. The van der Waals surface area contributed by atoms with E-state index in [0.717, 1.165) is 5.56 Å². The summed E-state index contributed by atoms with van der Waals surface area (Å²) in [6, 6.07) is 12.4. The van der Waals surface area contributed by atoms with Crippen molar-refractivity contribution < 1.29 is 18.0 Å². The van der Waals surface area contributed by atoms with Crippen LogP contribution in [0.3, 0.4) is 0 Å². The predicted octanol–water partition coefficient (Wildman–Crippen LogP) is 5.05. The number of hydrogen-bond donors (Lipinski definition) is 0. The van der Waals surface area contributed by atoms with E-state index in [-0.39, 0.29) is 22.0 Å². The van der Waals surface area contributed by atoms with Crippen LogP contribution in [0.5, 0.6) is 0 Å². The molecule has 0 aliphatic rings. The number of ketones is 1. The first kappa shape index (κ1) is 16.3. The highest BCUT2D eigenvalue weighted by molar-refractivity contribution is 6.18. The molecule has 1 aromatic carbocycles. The number of hydrogen-bond acceptors (Lipinski definition) is 2. The van der Waals surface area contributed by atoms with Crippen LogP contribution in [0.2, 0.25) is 0 Å². The molecule has 0 saturated carbocycles. The maximum atomic E-state index is 13.9. The SMILES string of the molecule is Cc1ccc(C(=O)c2c(C(F)(F)F)c3cccn3c3ncccc23)cc1. The largest absolute Gasteiger partial charge is 0.419 e. The van der Waals surface area contributed by atoms with E-state index >= 15 is 0 Å². The minimum atomic E-state index is -4.68. The fourth-order valence-electron chi connectivity index (χ4n) is 3.19. The van der Waals surface area contributed by atoms with Crippen LogP contribution < -0.4 is 0 Å². The Morgan fingerprint density at radius 2 is 1.77 bits per heavy atom. The Labute approximate surface area is 146 Å². The van der Waals surface area contributed by atoms with Crippen LogP contribution in [0, 0.1) is 6.92 Å². The van der Waals surface area contributed by atoms with Gasteiger partial charge in [0.25, 0.3) is 0 Å². The van der Waals surface area contributed by atoms with Gasteiger partial charge in [0.15, 0.2) is 5.78 Å². The monoisotopic (exact) mass is 354 g/mol. The van der Waals surface area contributed by atoms with Crippen molar-refractivity contribution in [2.45, 2.75) is 13.1 Å². The van der Waals surface area contributed by atoms with E-state index in [9.17, 15) is 18.0 Å². The molecule has 0 spiro atoms. The van der Waals surface area contributed by atoms with Crippen LogP contribution in [-0.2, 0) is 6.18 Å². The number of aromatic nitrogens is 2. The van der Waals surface area contributed by atoms with Gasteiger partial charge in [0, 0.05) is 28.9 Å². The van der Waals surface area contributed by atoms with Gasteiger partial charge in [-0.15, -0.1) is 0 Å². The van der Waals surface area contributed by atoms with Crippen molar-refractivity contribution in [1.82, 2.24) is 9.38 Å². The van der Waals surface area contributed by atoms with Gasteiger partial charge in [0.2, 0.25) is 0 Å². The summed E-state index contributed by atoms with van der Waals surface area (Å²) in [6.07, 6.45) is -1.67. The molecule has 0 amide bonds. The first-order valence-corrected chi connectivity index (χ1v) is 7.94. The van der Waals surface area contributed by atoms with Crippen LogP contribution in [0.1, 0.15) is 27.0 Å². The summed E-state index contributed by atoms with van der Waals surface area (Å²) in [5.74, 6) is -0.668. The highest BCUT2D eigenvalue weighted by atomic mass is 19.4. The molecule has 0 unspecified atom stereocenters. The van der Waals surface area contributed by atoms with Gasteiger partial charge in [-0.2, -0.15) is 13.2 Å². The molecule has 3 nitrogen and oxygen atoms in total. The van der Waals surface area contributed by atoms with E-state index in [4.69, 9.17) is 0 Å². The highest BCUT2D eigenvalue weighted by Gasteiger charge is 2.39. The molecule has 130 valence electrons. The van der Waals surface area contributed by atoms with E-state index in [2.05, 4.69) is 4.98 Å². The van der Waals surface area contributed by atoms with E-state index in [0.29, 0.717) is 5.65 Å². The van der Waals surface area contributed by atoms with Crippen molar-refractivity contribution in [2.24, 2.45) is 0 Å². The molecular formula is C20H13F3N2O. The smallest absolute Gasteiger partial charge is 0.301 e. The van der Waals surface area contributed by atoms with Gasteiger partial charge >= 0.3 is 6.18 Å². The lowest BCUT2D eigenvalue weighted by atomic mass is 9.94. The minimum Gasteiger partial charge on any atom is -0.301 e. The van der Waals surface area contributed by atoms with Crippen molar-refractivity contribution >= 4 is 22.3 Å². The highest BCUT2D eigenvalue weighted by Crippen LogP contribution is 2.39. The number of halogens is 3. The molecule has 3 aromatic heterocycles. The molecule has 0 fully saturated rings. The molecule has 6 heteroatoms. The summed E-state index contributed by atoms with van der Waals surface area (Å²) < 4.78 is 43.2. The van der Waals surface area contributed by atoms with Crippen molar-refractivity contribution in [3.8, 4) is 0 Å². The number of pyridine rings is 2. The summed E-state index contributed by atoms with van der Waals surface area (Å²) in [5.41, 5.74) is 0.0627. The maximum absolute atomic E-state index is 13.9. The molecule has 3 heterocycles. The molecule has 0 aliphatic carbocycles. The number of benzene rings is 1. The molecular weight excluding hydrogens is 341 g/mol. The van der Waals surface area contributed by atoms with E-state index in [1.165, 1.54) is 41.1 Å². The summed E-state index contributed by atoms with van der Waals surface area (Å²) in [4.78, 5) is 17.3. The van der Waals surface area contributed by atoms with E-state index < -0.39 is 17.5 Å². The van der Waals surface area contributed by atoms with Crippen LogP contribution in [0.15, 0.2) is 60.9 Å². The van der Waals surface area contributed by atoms with Crippen molar-refractivity contribution in [3.63, 3.8) is 0 Å². The average molecular weight is 354 g/mol. The van der Waals surface area contributed by atoms with E-state index in [1.807, 2.05) is 6.92 Å². The van der Waals surface area contributed by atoms with Gasteiger partial charge < -0.3 is 4.40 Å². The lowest BCUT2D eigenvalue weighted by Crippen LogP contribution is -2.17. The molecule has 0 aliphatic heterocycles. The summed E-state index contributed by atoms with van der Waals surface area (Å²) in [7, 11) is 0. The Morgan fingerprint density at radius 1 is 1.04 bits per heavy atom. The van der Waals surface area contributed by atoms with E-state index in [1.54, 1.807) is 24.3 Å². The zero-order valence-corrected chi connectivity index (χ0v) is 13.7. The fourth-order valence-corrected chi connectivity index (χ4v) is 3.19. The van der Waals surface area contributed by atoms with Crippen LogP contribution in [0.4, 0.5) is 13.2 Å². The average Bonchev–Trinajstić information content (AvgIpc) is 3.09. The fraction of sp³-hybridized carbons (Fsp3) is 0.100. The number of rotatable bonds is 2. The van der Waals surface area contributed by atoms with Gasteiger partial charge in [0.1, 0.15) is 5.65 Å². The van der Waals surface area contributed by atoms with Crippen molar-refractivity contribution in [1.29, 1.82) is 0 Å². The van der Waals surface area contributed by atoms with Crippen molar-refractivity contribution in [2.75, 3.05) is 0 Å². The second-order valence-corrected chi connectivity index (χ2v) is 6.08. The summed E-state index contributed by atoms with van der Waals surface area (Å²) >= 11 is 0. The number of fused-ring (bicyclic) bond motifs is 3. The molecule has 26 heavy (non-hydrogen) atoms. The molecule has 4 aromatic rings. The quantitative estimate of drug-likeness (QED) is 0.472. The Kier molecular flexibility index (Phi) is 3.57. The second-order valence-electron chi connectivity index (χ2n) is 6.08. The summed E-state index contributed by atoms with van der Waals surface area (Å²) in [6.45, 7) is 1.85. The minimum absolute atomic E-state index is 0.0841. The normalized spacial score (nSPS) is 12.0. The molecule has 0 atom stereocenters. The Morgan fingerprint density at radius 3 is 2.46 bits per heavy atom. The molecule has 0 N–H and O–H groups in total. The molecule has 0 bridgehead atoms.